The number of anilines is 1. The van der Waals surface area contributed by atoms with Gasteiger partial charge in [0.2, 0.25) is 0 Å². The molecule has 2 rings (SSSR count). The van der Waals surface area contributed by atoms with Crippen molar-refractivity contribution in [1.82, 2.24) is 0 Å². The summed E-state index contributed by atoms with van der Waals surface area (Å²) < 4.78 is 6.33. The van der Waals surface area contributed by atoms with E-state index in [1.165, 1.54) is 16.3 Å². The van der Waals surface area contributed by atoms with Gasteiger partial charge in [0.1, 0.15) is 0 Å². The molecule has 0 bridgehead atoms. The molecule has 2 aromatic carbocycles. The Kier molecular flexibility index (Phi) is 3.94. The Balaban J connectivity index is 2.27. The molecular weight excluding hydrogens is 262 g/mol. The lowest BCUT2D eigenvalue weighted by atomic mass is 10.0. The fraction of sp³-hybridized carbons (Fsp3) is 0.412. The molecule has 0 fully saturated rings. The Morgan fingerprint density at radius 1 is 1.10 bits per heavy atom. The molecule has 2 aromatic rings. The molecule has 0 saturated carbocycles. The molecule has 3 heteroatoms. The van der Waals surface area contributed by atoms with Gasteiger partial charge in [0.05, 0.1) is 6.61 Å². The molecule has 108 valence electrons. The van der Waals surface area contributed by atoms with Crippen molar-refractivity contribution in [1.29, 1.82) is 0 Å². The van der Waals surface area contributed by atoms with Crippen molar-refractivity contribution in [2.45, 2.75) is 45.5 Å². The van der Waals surface area contributed by atoms with Crippen LogP contribution < -0.4 is 5.73 Å². The molecule has 0 unspecified atom stereocenters. The molecule has 0 radical (unpaired) electrons. The van der Waals surface area contributed by atoms with Crippen LogP contribution >= 0.6 is 0 Å². The molecular formula is C17H25NOSi. The maximum Gasteiger partial charge on any atom is 0.192 e. The van der Waals surface area contributed by atoms with E-state index in [-0.39, 0.29) is 5.04 Å². The van der Waals surface area contributed by atoms with E-state index in [1.807, 2.05) is 12.1 Å². The molecule has 2 nitrogen and oxygen atoms in total. The van der Waals surface area contributed by atoms with Gasteiger partial charge < -0.3 is 10.2 Å². The van der Waals surface area contributed by atoms with E-state index in [1.54, 1.807) is 0 Å². The molecule has 20 heavy (non-hydrogen) atoms. The van der Waals surface area contributed by atoms with Gasteiger partial charge in [-0.15, -0.1) is 0 Å². The van der Waals surface area contributed by atoms with Gasteiger partial charge in [-0.25, -0.2) is 0 Å². The number of nitrogen functional groups attached to an aromatic ring is 1. The zero-order valence-corrected chi connectivity index (χ0v) is 14.2. The fourth-order valence-electron chi connectivity index (χ4n) is 1.97. The fourth-order valence-corrected chi connectivity index (χ4v) is 2.92. The highest BCUT2D eigenvalue weighted by Crippen LogP contribution is 2.37. The second-order valence-corrected chi connectivity index (χ2v) is 11.8. The van der Waals surface area contributed by atoms with Crippen molar-refractivity contribution in [2.75, 3.05) is 5.73 Å². The minimum Gasteiger partial charge on any atom is -0.413 e. The van der Waals surface area contributed by atoms with Crippen molar-refractivity contribution < 1.29 is 4.43 Å². The number of hydrogen-bond donors (Lipinski definition) is 1. The zero-order valence-electron chi connectivity index (χ0n) is 13.2. The average Bonchev–Trinajstić information content (AvgIpc) is 2.34. The Morgan fingerprint density at radius 2 is 1.80 bits per heavy atom. The van der Waals surface area contributed by atoms with Crippen molar-refractivity contribution in [3.63, 3.8) is 0 Å². The maximum absolute atomic E-state index is 6.33. The number of rotatable bonds is 3. The zero-order chi connectivity index (χ0) is 15.0. The molecule has 0 aliphatic carbocycles. The minimum absolute atomic E-state index is 0.238. The number of hydrogen-bond acceptors (Lipinski definition) is 2. The lowest BCUT2D eigenvalue weighted by Crippen LogP contribution is -2.40. The lowest BCUT2D eigenvalue weighted by molar-refractivity contribution is 0.277. The number of fused-ring (bicyclic) bond motifs is 1. The second kappa shape index (κ2) is 5.22. The molecule has 0 saturated heterocycles. The van der Waals surface area contributed by atoms with Crippen molar-refractivity contribution >= 4 is 24.8 Å². The molecule has 0 aliphatic rings. The second-order valence-electron chi connectivity index (χ2n) is 6.95. The van der Waals surface area contributed by atoms with Gasteiger partial charge in [0.15, 0.2) is 8.32 Å². The predicted octanol–water partition coefficient (Wildman–Crippen LogP) is 4.94. The van der Waals surface area contributed by atoms with Crippen LogP contribution in [-0.2, 0) is 11.0 Å². The first-order valence-corrected chi connectivity index (χ1v) is 10.0. The Hall–Kier alpha value is -1.32. The summed E-state index contributed by atoms with van der Waals surface area (Å²) in [7, 11) is -1.71. The Morgan fingerprint density at radius 3 is 2.45 bits per heavy atom. The topological polar surface area (TPSA) is 35.2 Å². The quantitative estimate of drug-likeness (QED) is 0.641. The van der Waals surface area contributed by atoms with E-state index in [4.69, 9.17) is 10.2 Å². The van der Waals surface area contributed by atoms with E-state index < -0.39 is 8.32 Å². The van der Waals surface area contributed by atoms with Crippen LogP contribution in [0.25, 0.3) is 10.8 Å². The van der Waals surface area contributed by atoms with Gasteiger partial charge in [-0.3, -0.25) is 0 Å². The van der Waals surface area contributed by atoms with Crippen molar-refractivity contribution in [2.24, 2.45) is 0 Å². The third kappa shape index (κ3) is 3.05. The Labute approximate surface area is 123 Å². The maximum atomic E-state index is 6.33. The van der Waals surface area contributed by atoms with Gasteiger partial charge in [0, 0.05) is 5.69 Å². The first-order chi connectivity index (χ1) is 9.21. The summed E-state index contributed by atoms with van der Waals surface area (Å²) in [5.74, 6) is 0. The molecule has 0 heterocycles. The number of benzene rings is 2. The highest BCUT2D eigenvalue weighted by molar-refractivity contribution is 6.74. The van der Waals surface area contributed by atoms with Gasteiger partial charge in [-0.05, 0) is 46.6 Å². The van der Waals surface area contributed by atoms with Crippen LogP contribution in [0.5, 0.6) is 0 Å². The van der Waals surface area contributed by atoms with Crippen LogP contribution in [0.4, 0.5) is 5.69 Å². The monoisotopic (exact) mass is 287 g/mol. The van der Waals surface area contributed by atoms with Crippen LogP contribution in [0.15, 0.2) is 36.4 Å². The minimum atomic E-state index is -1.71. The standard InChI is InChI=1S/C17H25NOSi/c1-17(2,3)20(4,5)19-12-14-8-6-7-13-11-15(18)9-10-16(13)14/h6-11H,12,18H2,1-5H3. The molecule has 0 spiro atoms. The lowest BCUT2D eigenvalue weighted by Gasteiger charge is -2.36. The highest BCUT2D eigenvalue weighted by Gasteiger charge is 2.37. The third-order valence-electron chi connectivity index (χ3n) is 4.39. The summed E-state index contributed by atoms with van der Waals surface area (Å²) in [6.45, 7) is 12.1. The van der Waals surface area contributed by atoms with Crippen LogP contribution in [0.1, 0.15) is 26.3 Å². The summed E-state index contributed by atoms with van der Waals surface area (Å²) in [6.07, 6.45) is 0. The van der Waals surface area contributed by atoms with Gasteiger partial charge in [0.25, 0.3) is 0 Å². The molecule has 0 atom stereocenters. The SMILES string of the molecule is CC(C)(C)[Si](C)(C)OCc1cccc2cc(N)ccc12. The van der Waals surface area contributed by atoms with Gasteiger partial charge in [-0.2, -0.15) is 0 Å². The molecule has 0 aromatic heterocycles. The predicted molar refractivity (Wildman–Crippen MR) is 90.3 cm³/mol. The molecule has 0 amide bonds. The van der Waals surface area contributed by atoms with Gasteiger partial charge in [-0.1, -0.05) is 45.0 Å². The van der Waals surface area contributed by atoms with E-state index >= 15 is 0 Å². The van der Waals surface area contributed by atoms with Crippen LogP contribution in [0.3, 0.4) is 0 Å². The van der Waals surface area contributed by atoms with E-state index in [0.29, 0.717) is 6.61 Å². The van der Waals surface area contributed by atoms with E-state index in [2.05, 4.69) is 58.1 Å². The summed E-state index contributed by atoms with van der Waals surface area (Å²) in [4.78, 5) is 0. The first kappa shape index (κ1) is 15.1. The third-order valence-corrected chi connectivity index (χ3v) is 8.87. The average molecular weight is 287 g/mol. The van der Waals surface area contributed by atoms with E-state index in [0.717, 1.165) is 5.69 Å². The molecule has 0 aliphatic heterocycles. The summed E-state index contributed by atoms with van der Waals surface area (Å²) in [6, 6.07) is 12.4. The van der Waals surface area contributed by atoms with Crippen LogP contribution in [0.2, 0.25) is 18.1 Å². The van der Waals surface area contributed by atoms with Crippen molar-refractivity contribution in [3.8, 4) is 0 Å². The Bertz CT molecular complexity index is 614. The first-order valence-electron chi connectivity index (χ1n) is 7.12. The largest absolute Gasteiger partial charge is 0.413 e. The van der Waals surface area contributed by atoms with Crippen LogP contribution in [0, 0.1) is 0 Å². The van der Waals surface area contributed by atoms with Crippen LogP contribution in [-0.4, -0.2) is 8.32 Å². The summed E-state index contributed by atoms with van der Waals surface area (Å²) in [5.41, 5.74) is 7.90. The number of nitrogens with two attached hydrogens (primary N) is 1. The van der Waals surface area contributed by atoms with E-state index in [9.17, 15) is 0 Å². The summed E-state index contributed by atoms with van der Waals surface area (Å²) >= 11 is 0. The summed E-state index contributed by atoms with van der Waals surface area (Å²) in [5, 5.41) is 2.66. The molecule has 2 N–H and O–H groups in total. The highest BCUT2D eigenvalue weighted by atomic mass is 28.4. The van der Waals surface area contributed by atoms with Gasteiger partial charge >= 0.3 is 0 Å². The van der Waals surface area contributed by atoms with Crippen molar-refractivity contribution in [3.05, 3.63) is 42.0 Å². The smallest absolute Gasteiger partial charge is 0.192 e. The normalized spacial score (nSPS) is 12.8.